The quantitative estimate of drug-likeness (QED) is 0.658. The van der Waals surface area contributed by atoms with Gasteiger partial charge < -0.3 is 10.2 Å². The van der Waals surface area contributed by atoms with E-state index in [0.29, 0.717) is 5.41 Å². The maximum Gasteiger partial charge on any atom is 0.0185 e. The highest BCUT2D eigenvalue weighted by Crippen LogP contribution is 2.44. The van der Waals surface area contributed by atoms with Crippen molar-refractivity contribution in [3.8, 4) is 0 Å². The molecule has 2 nitrogen and oxygen atoms in total. The Morgan fingerprint density at radius 3 is 2.69 bits per heavy atom. The summed E-state index contributed by atoms with van der Waals surface area (Å²) in [5, 5.41) is 3.53. The molecule has 0 aromatic carbocycles. The van der Waals surface area contributed by atoms with Crippen LogP contribution in [0.4, 0.5) is 0 Å². The van der Waals surface area contributed by atoms with Gasteiger partial charge in [-0.1, -0.05) is 13.8 Å². The molecule has 2 rings (SSSR count). The van der Waals surface area contributed by atoms with Crippen molar-refractivity contribution in [1.82, 2.24) is 10.2 Å². The van der Waals surface area contributed by atoms with E-state index < -0.39 is 0 Å². The summed E-state index contributed by atoms with van der Waals surface area (Å²) in [5.41, 5.74) is 0.614. The van der Waals surface area contributed by atoms with Crippen molar-refractivity contribution in [2.45, 2.75) is 32.7 Å². The molecule has 0 bridgehead atoms. The Balaban J connectivity index is 2.18. The fourth-order valence-corrected chi connectivity index (χ4v) is 3.60. The molecule has 2 heteroatoms. The minimum atomic E-state index is 0.614. The summed E-state index contributed by atoms with van der Waals surface area (Å²) in [7, 11) is 2.29. The van der Waals surface area contributed by atoms with Gasteiger partial charge in [-0.2, -0.15) is 0 Å². The van der Waals surface area contributed by atoms with Gasteiger partial charge in [0.1, 0.15) is 0 Å². The number of likely N-dealkylation sites (tertiary alicyclic amines) is 1. The van der Waals surface area contributed by atoms with Crippen molar-refractivity contribution < 1.29 is 0 Å². The molecule has 0 amide bonds. The van der Waals surface area contributed by atoms with Crippen LogP contribution in [0, 0.1) is 11.3 Å². The number of nitrogens with one attached hydrogen (secondary N) is 1. The van der Waals surface area contributed by atoms with Crippen molar-refractivity contribution in [2.75, 3.05) is 26.7 Å². The second-order valence-corrected chi connectivity index (χ2v) is 5.21. The zero-order chi connectivity index (χ0) is 9.47. The van der Waals surface area contributed by atoms with Gasteiger partial charge in [0, 0.05) is 18.0 Å². The summed E-state index contributed by atoms with van der Waals surface area (Å²) in [6.45, 7) is 8.51. The number of rotatable bonds is 1. The monoisotopic (exact) mass is 182 g/mol. The number of nitrogens with zero attached hydrogens (tertiary/aromatic N) is 1. The first-order chi connectivity index (χ1) is 6.16. The lowest BCUT2D eigenvalue weighted by Crippen LogP contribution is -2.43. The zero-order valence-electron chi connectivity index (χ0n) is 9.14. The van der Waals surface area contributed by atoms with Crippen LogP contribution in [0.5, 0.6) is 0 Å². The van der Waals surface area contributed by atoms with Gasteiger partial charge >= 0.3 is 0 Å². The first-order valence-electron chi connectivity index (χ1n) is 5.57. The lowest BCUT2D eigenvalue weighted by atomic mass is 9.75. The molecule has 0 radical (unpaired) electrons. The molecule has 2 aliphatic rings. The van der Waals surface area contributed by atoms with Gasteiger partial charge in [0.25, 0.3) is 0 Å². The van der Waals surface area contributed by atoms with E-state index in [1.807, 2.05) is 0 Å². The lowest BCUT2D eigenvalue weighted by Gasteiger charge is -2.36. The van der Waals surface area contributed by atoms with Crippen molar-refractivity contribution in [3.63, 3.8) is 0 Å². The maximum atomic E-state index is 3.53. The third-order valence-electron chi connectivity index (χ3n) is 3.97. The van der Waals surface area contributed by atoms with Crippen molar-refractivity contribution in [3.05, 3.63) is 0 Å². The van der Waals surface area contributed by atoms with Crippen molar-refractivity contribution in [1.29, 1.82) is 0 Å². The Kier molecular flexibility index (Phi) is 2.37. The van der Waals surface area contributed by atoms with E-state index in [0.717, 1.165) is 12.0 Å². The molecule has 0 aromatic rings. The summed E-state index contributed by atoms with van der Waals surface area (Å²) >= 11 is 0. The molecule has 2 saturated heterocycles. The predicted octanol–water partition coefficient (Wildman–Crippen LogP) is 1.33. The Morgan fingerprint density at radius 2 is 2.15 bits per heavy atom. The third-order valence-corrected chi connectivity index (χ3v) is 3.97. The minimum Gasteiger partial charge on any atom is -0.316 e. The van der Waals surface area contributed by atoms with Crippen LogP contribution in [0.2, 0.25) is 0 Å². The second-order valence-electron chi connectivity index (χ2n) is 5.21. The standard InChI is InChI=1S/C11H22N2/c1-9(2)10-11(4-6-12-8-11)5-7-13(10)3/h9-10,12H,4-8H2,1-3H3. The van der Waals surface area contributed by atoms with Crippen LogP contribution in [0.15, 0.2) is 0 Å². The molecule has 76 valence electrons. The molecule has 2 aliphatic heterocycles. The maximum absolute atomic E-state index is 3.53. The summed E-state index contributed by atoms with van der Waals surface area (Å²) in [4.78, 5) is 2.57. The Labute approximate surface area is 81.7 Å². The molecule has 2 fully saturated rings. The van der Waals surface area contributed by atoms with Gasteiger partial charge in [-0.15, -0.1) is 0 Å². The van der Waals surface area contributed by atoms with Crippen LogP contribution >= 0.6 is 0 Å². The van der Waals surface area contributed by atoms with Gasteiger partial charge in [-0.3, -0.25) is 0 Å². The van der Waals surface area contributed by atoms with E-state index >= 15 is 0 Å². The Morgan fingerprint density at radius 1 is 1.38 bits per heavy atom. The highest BCUT2D eigenvalue weighted by atomic mass is 15.2. The largest absolute Gasteiger partial charge is 0.316 e. The molecule has 2 unspecified atom stereocenters. The highest BCUT2D eigenvalue weighted by molar-refractivity contribution is 5.03. The van der Waals surface area contributed by atoms with Crippen LogP contribution in [0.1, 0.15) is 26.7 Å². The Hall–Kier alpha value is -0.0800. The summed E-state index contributed by atoms with van der Waals surface area (Å²) < 4.78 is 0. The molecule has 0 saturated carbocycles. The van der Waals surface area contributed by atoms with Gasteiger partial charge in [0.15, 0.2) is 0 Å². The normalized spacial score (nSPS) is 41.1. The van der Waals surface area contributed by atoms with E-state index in [2.05, 4.69) is 31.1 Å². The van der Waals surface area contributed by atoms with E-state index in [4.69, 9.17) is 0 Å². The zero-order valence-corrected chi connectivity index (χ0v) is 9.14. The van der Waals surface area contributed by atoms with Crippen LogP contribution in [-0.4, -0.2) is 37.6 Å². The van der Waals surface area contributed by atoms with Crippen LogP contribution in [-0.2, 0) is 0 Å². The van der Waals surface area contributed by atoms with Gasteiger partial charge in [0.05, 0.1) is 0 Å². The summed E-state index contributed by atoms with van der Waals surface area (Å²) in [5.74, 6) is 0.799. The molecular weight excluding hydrogens is 160 g/mol. The number of hydrogen-bond donors (Lipinski definition) is 1. The van der Waals surface area contributed by atoms with Gasteiger partial charge in [0.2, 0.25) is 0 Å². The fourth-order valence-electron chi connectivity index (χ4n) is 3.60. The molecular formula is C11H22N2. The summed E-state index contributed by atoms with van der Waals surface area (Å²) in [6.07, 6.45) is 2.79. The van der Waals surface area contributed by atoms with E-state index in [-0.39, 0.29) is 0 Å². The van der Waals surface area contributed by atoms with Crippen LogP contribution in [0.3, 0.4) is 0 Å². The molecule has 0 aromatic heterocycles. The third kappa shape index (κ3) is 1.40. The van der Waals surface area contributed by atoms with E-state index in [1.165, 1.54) is 32.5 Å². The highest BCUT2D eigenvalue weighted by Gasteiger charge is 2.48. The first kappa shape index (κ1) is 9.47. The van der Waals surface area contributed by atoms with E-state index in [9.17, 15) is 0 Å². The molecule has 1 N–H and O–H groups in total. The molecule has 2 heterocycles. The first-order valence-corrected chi connectivity index (χ1v) is 5.57. The average molecular weight is 182 g/mol. The number of hydrogen-bond acceptors (Lipinski definition) is 2. The summed E-state index contributed by atoms with van der Waals surface area (Å²) in [6, 6.07) is 0.808. The molecule has 1 spiro atoms. The topological polar surface area (TPSA) is 15.3 Å². The van der Waals surface area contributed by atoms with Crippen LogP contribution in [0.25, 0.3) is 0 Å². The molecule has 2 atom stereocenters. The SMILES string of the molecule is CC(C)C1N(C)CCC12CCNC2. The fraction of sp³-hybridized carbons (Fsp3) is 1.00. The van der Waals surface area contributed by atoms with Gasteiger partial charge in [-0.25, -0.2) is 0 Å². The van der Waals surface area contributed by atoms with Gasteiger partial charge in [-0.05, 0) is 38.9 Å². The predicted molar refractivity (Wildman–Crippen MR) is 55.8 cm³/mol. The molecule has 13 heavy (non-hydrogen) atoms. The van der Waals surface area contributed by atoms with Crippen molar-refractivity contribution in [2.24, 2.45) is 11.3 Å². The second kappa shape index (κ2) is 3.25. The average Bonchev–Trinajstić information content (AvgIpc) is 2.61. The van der Waals surface area contributed by atoms with Crippen LogP contribution < -0.4 is 5.32 Å². The molecule has 0 aliphatic carbocycles. The smallest absolute Gasteiger partial charge is 0.0185 e. The minimum absolute atomic E-state index is 0.614. The Bertz CT molecular complexity index is 183. The van der Waals surface area contributed by atoms with Crippen molar-refractivity contribution >= 4 is 0 Å². The lowest BCUT2D eigenvalue weighted by molar-refractivity contribution is 0.144. The van der Waals surface area contributed by atoms with E-state index in [1.54, 1.807) is 0 Å².